The van der Waals surface area contributed by atoms with Crippen molar-refractivity contribution in [1.82, 2.24) is 14.4 Å². The number of esters is 1. The van der Waals surface area contributed by atoms with Gasteiger partial charge in [0.2, 0.25) is 5.88 Å². The summed E-state index contributed by atoms with van der Waals surface area (Å²) in [5.74, 6) is 1.95. The number of hydrogen-bond donors (Lipinski definition) is 0. The molecule has 0 N–H and O–H groups in total. The van der Waals surface area contributed by atoms with Crippen molar-refractivity contribution in [1.29, 1.82) is 0 Å². The highest BCUT2D eigenvalue weighted by Crippen LogP contribution is 2.31. The lowest BCUT2D eigenvalue weighted by molar-refractivity contribution is -0.132. The minimum absolute atomic E-state index is 0.389. The summed E-state index contributed by atoms with van der Waals surface area (Å²) in [7, 11) is 0. The maximum atomic E-state index is 12.1. The third-order valence-corrected chi connectivity index (χ3v) is 6.61. The molecule has 6 rings (SSSR count). The standard InChI is InChI=1S/C30H27N3O3/c1-20(34)35-30-26(18-24-17-23-14-8-9-15-28(23)36-24)32-29-25(16-21-10-4-2-5-11-21)31-27(19-33(29)30)22-12-6-3-7-13-22/h2-7,10-13,17,19H,8-9,14-16,18H2,1H3. The average molecular weight is 478 g/mol. The minimum atomic E-state index is -0.389. The summed E-state index contributed by atoms with van der Waals surface area (Å²) in [5, 5.41) is 0. The van der Waals surface area contributed by atoms with E-state index in [0.29, 0.717) is 30.1 Å². The number of ether oxygens (including phenoxy) is 1. The van der Waals surface area contributed by atoms with Crippen LogP contribution in [0.15, 0.2) is 77.3 Å². The number of imidazole rings is 1. The molecule has 180 valence electrons. The van der Waals surface area contributed by atoms with Gasteiger partial charge in [-0.05, 0) is 36.5 Å². The van der Waals surface area contributed by atoms with E-state index in [2.05, 4.69) is 18.2 Å². The highest BCUT2D eigenvalue weighted by atomic mass is 16.5. The van der Waals surface area contributed by atoms with Gasteiger partial charge in [0.25, 0.3) is 0 Å². The van der Waals surface area contributed by atoms with Gasteiger partial charge in [-0.25, -0.2) is 9.97 Å². The van der Waals surface area contributed by atoms with Crippen molar-refractivity contribution in [3.63, 3.8) is 0 Å². The Kier molecular flexibility index (Phi) is 5.85. The molecule has 6 nitrogen and oxygen atoms in total. The number of fused-ring (bicyclic) bond motifs is 2. The predicted octanol–water partition coefficient (Wildman–Crippen LogP) is 5.98. The van der Waals surface area contributed by atoms with Crippen LogP contribution < -0.4 is 4.74 Å². The average Bonchev–Trinajstić information content (AvgIpc) is 3.46. The lowest BCUT2D eigenvalue weighted by Gasteiger charge is -2.10. The second kappa shape index (κ2) is 9.46. The highest BCUT2D eigenvalue weighted by Gasteiger charge is 2.23. The van der Waals surface area contributed by atoms with Gasteiger partial charge in [-0.15, -0.1) is 0 Å². The Hall–Kier alpha value is -4.19. The van der Waals surface area contributed by atoms with E-state index in [1.165, 1.54) is 18.9 Å². The molecule has 0 saturated carbocycles. The van der Waals surface area contributed by atoms with Gasteiger partial charge in [0.05, 0.1) is 17.8 Å². The van der Waals surface area contributed by atoms with E-state index in [4.69, 9.17) is 19.1 Å². The van der Waals surface area contributed by atoms with Crippen LogP contribution in [-0.2, 0) is 30.5 Å². The van der Waals surface area contributed by atoms with Crippen LogP contribution in [-0.4, -0.2) is 20.3 Å². The summed E-state index contributed by atoms with van der Waals surface area (Å²) in [4.78, 5) is 22.1. The zero-order chi connectivity index (χ0) is 24.5. The summed E-state index contributed by atoms with van der Waals surface area (Å²) >= 11 is 0. The van der Waals surface area contributed by atoms with Gasteiger partial charge in [-0.1, -0.05) is 60.7 Å². The fourth-order valence-corrected chi connectivity index (χ4v) is 4.95. The van der Waals surface area contributed by atoms with E-state index in [1.54, 1.807) is 0 Å². The van der Waals surface area contributed by atoms with Crippen molar-refractivity contribution < 1.29 is 13.9 Å². The van der Waals surface area contributed by atoms with E-state index >= 15 is 0 Å². The van der Waals surface area contributed by atoms with Crippen LogP contribution in [0.3, 0.4) is 0 Å². The lowest BCUT2D eigenvalue weighted by Crippen LogP contribution is -2.07. The highest BCUT2D eigenvalue weighted by molar-refractivity contribution is 5.70. The van der Waals surface area contributed by atoms with Crippen molar-refractivity contribution in [2.24, 2.45) is 0 Å². The number of hydrogen-bond acceptors (Lipinski definition) is 5. The summed E-state index contributed by atoms with van der Waals surface area (Å²) in [6, 6.07) is 22.4. The second-order valence-electron chi connectivity index (χ2n) is 9.30. The SMILES string of the molecule is CC(=O)Oc1c(Cc2cc3c(o2)CCCC3)nc2c(Cc3ccccc3)nc(-c3ccccc3)cn12. The molecule has 0 fully saturated rings. The third kappa shape index (κ3) is 4.42. The molecule has 0 saturated heterocycles. The number of aromatic nitrogens is 3. The molecule has 3 aromatic heterocycles. The predicted molar refractivity (Wildman–Crippen MR) is 137 cm³/mol. The Labute approximate surface area is 209 Å². The van der Waals surface area contributed by atoms with Crippen LogP contribution in [0.25, 0.3) is 16.9 Å². The summed E-state index contributed by atoms with van der Waals surface area (Å²) in [5.41, 5.74) is 6.36. The number of rotatable bonds is 6. The zero-order valence-electron chi connectivity index (χ0n) is 20.2. The molecular formula is C30H27N3O3. The van der Waals surface area contributed by atoms with Gasteiger partial charge in [-0.3, -0.25) is 9.20 Å². The molecule has 3 heterocycles. The summed E-state index contributed by atoms with van der Waals surface area (Å²) in [6.07, 6.45) is 7.33. The number of furan rings is 1. The first kappa shape index (κ1) is 22.3. The van der Waals surface area contributed by atoms with E-state index in [-0.39, 0.29) is 5.97 Å². The number of carbonyl (C=O) groups excluding carboxylic acids is 1. The molecule has 0 amide bonds. The first-order valence-corrected chi connectivity index (χ1v) is 12.4. The Balaban J connectivity index is 1.50. The van der Waals surface area contributed by atoms with Crippen molar-refractivity contribution in [2.75, 3.05) is 0 Å². The molecule has 0 bridgehead atoms. The number of nitrogens with zero attached hydrogens (tertiary/aromatic N) is 3. The van der Waals surface area contributed by atoms with Crippen molar-refractivity contribution in [2.45, 2.75) is 45.4 Å². The lowest BCUT2D eigenvalue weighted by atomic mass is 9.98. The smallest absolute Gasteiger partial charge is 0.309 e. The van der Waals surface area contributed by atoms with Gasteiger partial charge >= 0.3 is 5.97 Å². The molecule has 36 heavy (non-hydrogen) atoms. The third-order valence-electron chi connectivity index (χ3n) is 6.61. The maximum absolute atomic E-state index is 12.1. The topological polar surface area (TPSA) is 69.6 Å². The minimum Gasteiger partial charge on any atom is -0.465 e. The van der Waals surface area contributed by atoms with Crippen LogP contribution in [0.4, 0.5) is 0 Å². The van der Waals surface area contributed by atoms with E-state index in [0.717, 1.165) is 53.3 Å². The summed E-state index contributed by atoms with van der Waals surface area (Å²) in [6.45, 7) is 1.42. The number of benzene rings is 2. The van der Waals surface area contributed by atoms with Crippen LogP contribution >= 0.6 is 0 Å². The Morgan fingerprint density at radius 2 is 1.69 bits per heavy atom. The molecule has 0 radical (unpaired) electrons. The second-order valence-corrected chi connectivity index (χ2v) is 9.30. The Bertz CT molecular complexity index is 1510. The number of carbonyl (C=O) groups is 1. The molecule has 0 unspecified atom stereocenters. The van der Waals surface area contributed by atoms with E-state index < -0.39 is 0 Å². The van der Waals surface area contributed by atoms with Gasteiger partial charge in [0, 0.05) is 31.5 Å². The fraction of sp³-hybridized carbons (Fsp3) is 0.233. The van der Waals surface area contributed by atoms with Gasteiger partial charge in [0.1, 0.15) is 17.2 Å². The fourth-order valence-electron chi connectivity index (χ4n) is 4.95. The van der Waals surface area contributed by atoms with E-state index in [1.807, 2.05) is 59.1 Å². The molecule has 1 aliphatic rings. The largest absolute Gasteiger partial charge is 0.465 e. The quantitative estimate of drug-likeness (QED) is 0.282. The van der Waals surface area contributed by atoms with Gasteiger partial charge < -0.3 is 9.15 Å². The first-order valence-electron chi connectivity index (χ1n) is 12.4. The van der Waals surface area contributed by atoms with Crippen molar-refractivity contribution in [3.05, 3.63) is 107 Å². The van der Waals surface area contributed by atoms with Crippen LogP contribution in [0.5, 0.6) is 5.88 Å². The molecular weight excluding hydrogens is 450 g/mol. The van der Waals surface area contributed by atoms with Crippen LogP contribution in [0.1, 0.15) is 53.8 Å². The maximum Gasteiger partial charge on any atom is 0.309 e. The molecule has 1 aliphatic carbocycles. The molecule has 0 aliphatic heterocycles. The Morgan fingerprint density at radius 3 is 2.44 bits per heavy atom. The normalized spacial score (nSPS) is 13.0. The summed E-state index contributed by atoms with van der Waals surface area (Å²) < 4.78 is 13.8. The molecule has 6 heteroatoms. The molecule has 5 aromatic rings. The molecule has 0 atom stereocenters. The van der Waals surface area contributed by atoms with Crippen LogP contribution in [0.2, 0.25) is 0 Å². The van der Waals surface area contributed by atoms with Crippen molar-refractivity contribution in [3.8, 4) is 17.1 Å². The van der Waals surface area contributed by atoms with Gasteiger partial charge in [-0.2, -0.15) is 0 Å². The van der Waals surface area contributed by atoms with Crippen LogP contribution in [0, 0.1) is 0 Å². The zero-order valence-corrected chi connectivity index (χ0v) is 20.2. The Morgan fingerprint density at radius 1 is 0.944 bits per heavy atom. The molecule has 0 spiro atoms. The van der Waals surface area contributed by atoms with Crippen molar-refractivity contribution >= 4 is 11.6 Å². The van der Waals surface area contributed by atoms with E-state index in [9.17, 15) is 4.79 Å². The number of aryl methyl sites for hydroxylation is 2. The first-order chi connectivity index (χ1) is 17.6. The van der Waals surface area contributed by atoms with Gasteiger partial charge in [0.15, 0.2) is 5.65 Å². The monoisotopic (exact) mass is 477 g/mol. The molecule has 2 aromatic carbocycles.